The molecule has 0 aliphatic carbocycles. The first-order chi connectivity index (χ1) is 10.7. The molecule has 7 heteroatoms. The Kier molecular flexibility index (Phi) is 9.23. The molecule has 1 aromatic carbocycles. The summed E-state index contributed by atoms with van der Waals surface area (Å²) in [6, 6.07) is 4.82. The molecule has 1 aromatic rings. The summed E-state index contributed by atoms with van der Waals surface area (Å²) < 4.78 is 13.4. The lowest BCUT2D eigenvalue weighted by molar-refractivity contribution is 0.275. The van der Waals surface area contributed by atoms with Crippen LogP contribution in [0.1, 0.15) is 24.5 Å². The van der Waals surface area contributed by atoms with E-state index in [1.54, 1.807) is 19.2 Å². The van der Waals surface area contributed by atoms with Gasteiger partial charge in [0.05, 0.1) is 6.61 Å². The van der Waals surface area contributed by atoms with E-state index in [9.17, 15) is 4.39 Å². The van der Waals surface area contributed by atoms with Crippen LogP contribution in [0, 0.1) is 5.82 Å². The van der Waals surface area contributed by atoms with Crippen molar-refractivity contribution in [1.82, 2.24) is 10.2 Å². The average molecular weight is 453 g/mol. The predicted molar refractivity (Wildman–Crippen MR) is 106 cm³/mol. The molecule has 1 saturated heterocycles. The summed E-state index contributed by atoms with van der Waals surface area (Å²) in [6.07, 6.45) is 1.16. The fraction of sp³-hybridized carbons (Fsp3) is 0.562. The number of aliphatic imine (C=N–C) groups is 1. The van der Waals surface area contributed by atoms with Crippen LogP contribution in [-0.4, -0.2) is 47.1 Å². The van der Waals surface area contributed by atoms with Crippen LogP contribution in [0.15, 0.2) is 23.2 Å². The molecule has 1 fully saturated rings. The van der Waals surface area contributed by atoms with Gasteiger partial charge in [0, 0.05) is 43.2 Å². The maximum absolute atomic E-state index is 13.4. The number of rotatable bonds is 4. The zero-order valence-electron chi connectivity index (χ0n) is 13.6. The standard InChI is InChI=1S/C16H24FN3OS.HI/c1-3-14-10-20(6-7-22-14)16(18-2)19-9-12-4-5-15(17)13(8-12)11-21;/h4-5,8,14,21H,3,6-7,9-11H2,1-2H3,(H,18,19);1H. The van der Waals surface area contributed by atoms with Crippen molar-refractivity contribution in [2.45, 2.75) is 31.7 Å². The highest BCUT2D eigenvalue weighted by molar-refractivity contribution is 14.0. The van der Waals surface area contributed by atoms with Crippen molar-refractivity contribution in [3.8, 4) is 0 Å². The molecule has 1 unspecified atom stereocenters. The Morgan fingerprint density at radius 2 is 2.30 bits per heavy atom. The lowest BCUT2D eigenvalue weighted by atomic mass is 10.1. The maximum atomic E-state index is 13.4. The second-order valence-corrected chi connectivity index (χ2v) is 6.74. The summed E-state index contributed by atoms with van der Waals surface area (Å²) >= 11 is 2.02. The number of hydrogen-bond donors (Lipinski definition) is 2. The minimum Gasteiger partial charge on any atom is -0.392 e. The van der Waals surface area contributed by atoms with Crippen LogP contribution in [0.3, 0.4) is 0 Å². The fourth-order valence-electron chi connectivity index (χ4n) is 2.53. The van der Waals surface area contributed by atoms with E-state index in [0.29, 0.717) is 17.4 Å². The average Bonchev–Trinajstić information content (AvgIpc) is 2.57. The van der Waals surface area contributed by atoms with E-state index in [4.69, 9.17) is 5.11 Å². The van der Waals surface area contributed by atoms with Gasteiger partial charge in [-0.1, -0.05) is 13.0 Å². The molecule has 1 atom stereocenters. The molecular weight excluding hydrogens is 428 g/mol. The topological polar surface area (TPSA) is 47.9 Å². The van der Waals surface area contributed by atoms with E-state index in [2.05, 4.69) is 22.1 Å². The van der Waals surface area contributed by atoms with Crippen LogP contribution < -0.4 is 5.32 Å². The van der Waals surface area contributed by atoms with Crippen molar-refractivity contribution < 1.29 is 9.50 Å². The quantitative estimate of drug-likeness (QED) is 0.418. The summed E-state index contributed by atoms with van der Waals surface area (Å²) in [6.45, 7) is 4.50. The third-order valence-corrected chi connectivity index (χ3v) is 5.21. The van der Waals surface area contributed by atoms with E-state index < -0.39 is 0 Å². The van der Waals surface area contributed by atoms with E-state index in [1.807, 2.05) is 11.8 Å². The van der Waals surface area contributed by atoms with Crippen LogP contribution in [-0.2, 0) is 13.2 Å². The lowest BCUT2D eigenvalue weighted by Gasteiger charge is -2.34. The third-order valence-electron chi connectivity index (χ3n) is 3.84. The highest BCUT2D eigenvalue weighted by Crippen LogP contribution is 2.21. The minimum absolute atomic E-state index is 0. The molecule has 0 bridgehead atoms. The fourth-order valence-corrected chi connectivity index (χ4v) is 3.71. The number of aliphatic hydroxyl groups is 1. The number of hydrogen-bond acceptors (Lipinski definition) is 3. The molecule has 2 rings (SSSR count). The number of thioether (sulfide) groups is 1. The van der Waals surface area contributed by atoms with Gasteiger partial charge in [-0.2, -0.15) is 11.8 Å². The molecule has 23 heavy (non-hydrogen) atoms. The normalized spacial score (nSPS) is 18.5. The smallest absolute Gasteiger partial charge is 0.193 e. The number of aliphatic hydroxyl groups excluding tert-OH is 1. The van der Waals surface area contributed by atoms with Gasteiger partial charge < -0.3 is 15.3 Å². The van der Waals surface area contributed by atoms with E-state index >= 15 is 0 Å². The van der Waals surface area contributed by atoms with Crippen LogP contribution in [0.25, 0.3) is 0 Å². The Morgan fingerprint density at radius 1 is 1.52 bits per heavy atom. The highest BCUT2D eigenvalue weighted by Gasteiger charge is 2.21. The predicted octanol–water partition coefficient (Wildman–Crippen LogP) is 2.84. The van der Waals surface area contributed by atoms with Gasteiger partial charge in [0.1, 0.15) is 5.82 Å². The SMILES string of the molecule is CCC1CN(C(=NC)NCc2ccc(F)c(CO)c2)CCS1.I. The van der Waals surface area contributed by atoms with E-state index in [0.717, 1.165) is 36.8 Å². The van der Waals surface area contributed by atoms with Crippen LogP contribution in [0.4, 0.5) is 4.39 Å². The molecule has 1 aliphatic rings. The molecular formula is C16H25FIN3OS. The first-order valence-electron chi connectivity index (χ1n) is 7.63. The van der Waals surface area contributed by atoms with Crippen LogP contribution in [0.2, 0.25) is 0 Å². The van der Waals surface area contributed by atoms with Gasteiger partial charge >= 0.3 is 0 Å². The Hall–Kier alpha value is -0.540. The van der Waals surface area contributed by atoms with Gasteiger partial charge in [-0.3, -0.25) is 4.99 Å². The largest absolute Gasteiger partial charge is 0.392 e. The molecule has 0 spiro atoms. The van der Waals surface area contributed by atoms with Crippen LogP contribution >= 0.6 is 35.7 Å². The molecule has 0 saturated carbocycles. The zero-order valence-corrected chi connectivity index (χ0v) is 16.7. The van der Waals surface area contributed by atoms with Gasteiger partial charge in [-0.05, 0) is 24.1 Å². The number of nitrogens with zero attached hydrogens (tertiary/aromatic N) is 2. The van der Waals surface area contributed by atoms with Gasteiger partial charge in [0.2, 0.25) is 0 Å². The van der Waals surface area contributed by atoms with Crippen molar-refractivity contribution in [2.24, 2.45) is 4.99 Å². The zero-order chi connectivity index (χ0) is 15.9. The van der Waals surface area contributed by atoms with Crippen molar-refractivity contribution >= 4 is 41.7 Å². The minimum atomic E-state index is -0.366. The molecule has 2 N–H and O–H groups in total. The molecule has 0 amide bonds. The van der Waals surface area contributed by atoms with Crippen molar-refractivity contribution in [3.63, 3.8) is 0 Å². The molecule has 4 nitrogen and oxygen atoms in total. The van der Waals surface area contributed by atoms with Gasteiger partial charge in [-0.15, -0.1) is 24.0 Å². The Labute approximate surface area is 159 Å². The number of guanidine groups is 1. The molecule has 130 valence electrons. The first-order valence-corrected chi connectivity index (χ1v) is 8.68. The van der Waals surface area contributed by atoms with Crippen molar-refractivity contribution in [3.05, 3.63) is 35.1 Å². The highest BCUT2D eigenvalue weighted by atomic mass is 127. The molecule has 1 heterocycles. The summed E-state index contributed by atoms with van der Waals surface area (Å²) in [4.78, 5) is 6.63. The maximum Gasteiger partial charge on any atom is 0.193 e. The Bertz CT molecular complexity index is 530. The number of halogens is 2. The van der Waals surface area contributed by atoms with Gasteiger partial charge in [0.25, 0.3) is 0 Å². The van der Waals surface area contributed by atoms with Gasteiger partial charge in [0.15, 0.2) is 5.96 Å². The van der Waals surface area contributed by atoms with Crippen molar-refractivity contribution in [2.75, 3.05) is 25.9 Å². The molecule has 0 radical (unpaired) electrons. The van der Waals surface area contributed by atoms with Crippen molar-refractivity contribution in [1.29, 1.82) is 0 Å². The first kappa shape index (κ1) is 20.5. The monoisotopic (exact) mass is 453 g/mol. The second kappa shape index (κ2) is 10.4. The molecule has 0 aromatic heterocycles. The van der Waals surface area contributed by atoms with Gasteiger partial charge in [-0.25, -0.2) is 4.39 Å². The second-order valence-electron chi connectivity index (χ2n) is 5.33. The molecule has 1 aliphatic heterocycles. The van der Waals surface area contributed by atoms with E-state index in [-0.39, 0.29) is 36.4 Å². The number of nitrogens with one attached hydrogen (secondary N) is 1. The lowest BCUT2D eigenvalue weighted by Crippen LogP contribution is -2.47. The number of benzene rings is 1. The summed E-state index contributed by atoms with van der Waals surface area (Å²) in [5, 5.41) is 13.1. The Balaban J connectivity index is 0.00000264. The third kappa shape index (κ3) is 5.79. The van der Waals surface area contributed by atoms with E-state index in [1.165, 1.54) is 6.07 Å². The summed E-state index contributed by atoms with van der Waals surface area (Å²) in [5.41, 5.74) is 1.26. The Morgan fingerprint density at radius 3 is 2.96 bits per heavy atom. The van der Waals surface area contributed by atoms with Crippen LogP contribution in [0.5, 0.6) is 0 Å². The summed E-state index contributed by atoms with van der Waals surface area (Å²) in [7, 11) is 1.79. The summed E-state index contributed by atoms with van der Waals surface area (Å²) in [5.74, 6) is 1.63.